The number of anilines is 1. The standard InChI is InChI=1S/C20H27N3O5S/c1-27-18-10-9-17(15-19(18)28-2)29(25,26)23-14-11-20(24)22-13-6-12-21-16-7-4-3-5-8-16/h3-5,7-10,15,21,23H,6,11-14H2,1-2H3,(H,22,24). The van der Waals surface area contributed by atoms with Crippen LogP contribution in [-0.2, 0) is 14.8 Å². The molecule has 0 radical (unpaired) electrons. The van der Waals surface area contributed by atoms with E-state index in [1.54, 1.807) is 0 Å². The van der Waals surface area contributed by atoms with E-state index in [9.17, 15) is 13.2 Å². The van der Waals surface area contributed by atoms with E-state index in [1.165, 1.54) is 32.4 Å². The summed E-state index contributed by atoms with van der Waals surface area (Å²) in [4.78, 5) is 11.9. The van der Waals surface area contributed by atoms with Gasteiger partial charge in [-0.1, -0.05) is 18.2 Å². The van der Waals surface area contributed by atoms with Crippen molar-refractivity contribution in [2.24, 2.45) is 0 Å². The van der Waals surface area contributed by atoms with Crippen molar-refractivity contribution < 1.29 is 22.7 Å². The molecule has 2 rings (SSSR count). The lowest BCUT2D eigenvalue weighted by Gasteiger charge is -2.11. The number of carbonyl (C=O) groups excluding carboxylic acids is 1. The van der Waals surface area contributed by atoms with E-state index in [0.29, 0.717) is 18.0 Å². The number of nitrogens with one attached hydrogen (secondary N) is 3. The van der Waals surface area contributed by atoms with Crippen LogP contribution in [0.25, 0.3) is 0 Å². The van der Waals surface area contributed by atoms with Crippen LogP contribution in [0.1, 0.15) is 12.8 Å². The Balaban J connectivity index is 1.69. The predicted molar refractivity (Wildman–Crippen MR) is 112 cm³/mol. The van der Waals surface area contributed by atoms with E-state index >= 15 is 0 Å². The Hall–Kier alpha value is -2.78. The summed E-state index contributed by atoms with van der Waals surface area (Å²) in [5.41, 5.74) is 1.03. The normalized spacial score (nSPS) is 11.0. The van der Waals surface area contributed by atoms with E-state index in [1.807, 2.05) is 30.3 Å². The molecule has 0 aliphatic heterocycles. The second-order valence-corrected chi connectivity index (χ2v) is 7.93. The van der Waals surface area contributed by atoms with E-state index in [2.05, 4.69) is 15.4 Å². The number of carbonyl (C=O) groups is 1. The zero-order valence-electron chi connectivity index (χ0n) is 16.6. The van der Waals surface area contributed by atoms with Gasteiger partial charge in [-0.3, -0.25) is 4.79 Å². The second kappa shape index (κ2) is 11.3. The molecule has 29 heavy (non-hydrogen) atoms. The van der Waals surface area contributed by atoms with Crippen LogP contribution in [0.5, 0.6) is 11.5 Å². The molecule has 158 valence electrons. The first-order valence-corrected chi connectivity index (χ1v) is 10.7. The molecular formula is C20H27N3O5S. The number of benzene rings is 2. The van der Waals surface area contributed by atoms with E-state index < -0.39 is 10.0 Å². The highest BCUT2D eigenvalue weighted by Crippen LogP contribution is 2.29. The molecule has 9 heteroatoms. The Morgan fingerprint density at radius 3 is 2.34 bits per heavy atom. The maximum Gasteiger partial charge on any atom is 0.240 e. The number of sulfonamides is 1. The number of para-hydroxylation sites is 1. The van der Waals surface area contributed by atoms with Gasteiger partial charge in [0.05, 0.1) is 19.1 Å². The summed E-state index contributed by atoms with van der Waals surface area (Å²) in [6, 6.07) is 14.1. The van der Waals surface area contributed by atoms with Gasteiger partial charge in [-0.2, -0.15) is 0 Å². The molecule has 0 aliphatic rings. The first kappa shape index (κ1) is 22.5. The molecule has 3 N–H and O–H groups in total. The average molecular weight is 422 g/mol. The fraction of sp³-hybridized carbons (Fsp3) is 0.350. The van der Waals surface area contributed by atoms with Crippen LogP contribution in [0.4, 0.5) is 5.69 Å². The Morgan fingerprint density at radius 1 is 0.931 bits per heavy atom. The number of amides is 1. The molecule has 0 aromatic heterocycles. The molecule has 1 amide bonds. The van der Waals surface area contributed by atoms with Crippen LogP contribution in [-0.4, -0.2) is 48.2 Å². The highest BCUT2D eigenvalue weighted by molar-refractivity contribution is 7.89. The van der Waals surface area contributed by atoms with E-state index in [0.717, 1.165) is 18.7 Å². The monoisotopic (exact) mass is 421 g/mol. The van der Waals surface area contributed by atoms with E-state index in [-0.39, 0.29) is 23.8 Å². The van der Waals surface area contributed by atoms with E-state index in [4.69, 9.17) is 9.47 Å². The lowest BCUT2D eigenvalue weighted by molar-refractivity contribution is -0.120. The smallest absolute Gasteiger partial charge is 0.240 e. The van der Waals surface area contributed by atoms with Crippen LogP contribution in [0, 0.1) is 0 Å². The van der Waals surface area contributed by atoms with Crippen molar-refractivity contribution in [1.29, 1.82) is 0 Å². The maximum atomic E-state index is 12.4. The highest BCUT2D eigenvalue weighted by atomic mass is 32.2. The topological polar surface area (TPSA) is 106 Å². The number of hydrogen-bond acceptors (Lipinski definition) is 6. The summed E-state index contributed by atoms with van der Waals surface area (Å²) in [6.07, 6.45) is 0.816. The quantitative estimate of drug-likeness (QED) is 0.453. The Labute approximate surface area is 171 Å². The molecule has 0 spiro atoms. The molecule has 2 aromatic carbocycles. The molecular weight excluding hydrogens is 394 g/mol. The minimum absolute atomic E-state index is 0.00474. The largest absolute Gasteiger partial charge is 0.493 e. The third kappa shape index (κ3) is 7.28. The molecule has 2 aromatic rings. The van der Waals surface area contributed by atoms with Crippen LogP contribution in [0.15, 0.2) is 53.4 Å². The van der Waals surface area contributed by atoms with Gasteiger partial charge < -0.3 is 20.1 Å². The van der Waals surface area contributed by atoms with Gasteiger partial charge in [0, 0.05) is 37.8 Å². The molecule has 0 aliphatic carbocycles. The number of methoxy groups -OCH3 is 2. The first-order chi connectivity index (χ1) is 14.0. The minimum atomic E-state index is -3.75. The molecule has 0 unspecified atom stereocenters. The third-order valence-electron chi connectivity index (χ3n) is 4.09. The molecule has 0 saturated carbocycles. The molecule has 0 fully saturated rings. The minimum Gasteiger partial charge on any atom is -0.493 e. The fourth-order valence-corrected chi connectivity index (χ4v) is 3.61. The molecule has 8 nitrogen and oxygen atoms in total. The number of ether oxygens (including phenoxy) is 2. The average Bonchev–Trinajstić information content (AvgIpc) is 2.73. The second-order valence-electron chi connectivity index (χ2n) is 6.16. The van der Waals surface area contributed by atoms with Crippen molar-refractivity contribution in [2.45, 2.75) is 17.7 Å². The number of hydrogen-bond donors (Lipinski definition) is 3. The predicted octanol–water partition coefficient (Wildman–Crippen LogP) is 1.99. The molecule has 0 heterocycles. The summed E-state index contributed by atoms with van der Waals surface area (Å²) >= 11 is 0. The van der Waals surface area contributed by atoms with Crippen LogP contribution >= 0.6 is 0 Å². The van der Waals surface area contributed by atoms with Gasteiger partial charge >= 0.3 is 0 Å². The first-order valence-electron chi connectivity index (χ1n) is 9.23. The Kier molecular flexibility index (Phi) is 8.75. The van der Waals surface area contributed by atoms with Crippen molar-refractivity contribution in [3.05, 3.63) is 48.5 Å². The zero-order valence-corrected chi connectivity index (χ0v) is 17.4. The van der Waals surface area contributed by atoms with Crippen molar-refractivity contribution in [2.75, 3.05) is 39.2 Å². The van der Waals surface area contributed by atoms with Crippen molar-refractivity contribution in [3.8, 4) is 11.5 Å². The van der Waals surface area contributed by atoms with Crippen molar-refractivity contribution in [1.82, 2.24) is 10.0 Å². The van der Waals surface area contributed by atoms with Gasteiger partial charge in [0.1, 0.15) is 0 Å². The lowest BCUT2D eigenvalue weighted by Crippen LogP contribution is -2.31. The van der Waals surface area contributed by atoms with Gasteiger partial charge in [-0.15, -0.1) is 0 Å². The van der Waals surface area contributed by atoms with Crippen molar-refractivity contribution in [3.63, 3.8) is 0 Å². The Bertz CT molecular complexity index is 888. The maximum absolute atomic E-state index is 12.4. The highest BCUT2D eigenvalue weighted by Gasteiger charge is 2.17. The molecule has 0 atom stereocenters. The van der Waals surface area contributed by atoms with Gasteiger partial charge in [0.15, 0.2) is 11.5 Å². The van der Waals surface area contributed by atoms with Gasteiger partial charge in [-0.05, 0) is 30.7 Å². The third-order valence-corrected chi connectivity index (χ3v) is 5.55. The SMILES string of the molecule is COc1ccc(S(=O)(=O)NCCC(=O)NCCCNc2ccccc2)cc1OC. The zero-order chi connectivity index (χ0) is 21.1. The van der Waals surface area contributed by atoms with Crippen LogP contribution < -0.4 is 24.8 Å². The van der Waals surface area contributed by atoms with Crippen LogP contribution in [0.3, 0.4) is 0 Å². The summed E-state index contributed by atoms with van der Waals surface area (Å²) in [5.74, 6) is 0.546. The fourth-order valence-electron chi connectivity index (χ4n) is 2.56. The molecule has 0 bridgehead atoms. The van der Waals surface area contributed by atoms with Gasteiger partial charge in [0.25, 0.3) is 0 Å². The Morgan fingerprint density at radius 2 is 1.66 bits per heavy atom. The summed E-state index contributed by atoms with van der Waals surface area (Å²) in [7, 11) is -0.844. The van der Waals surface area contributed by atoms with Gasteiger partial charge in [0.2, 0.25) is 15.9 Å². The molecule has 0 saturated heterocycles. The van der Waals surface area contributed by atoms with Crippen molar-refractivity contribution >= 4 is 21.6 Å². The summed E-state index contributed by atoms with van der Waals surface area (Å²) < 4.78 is 37.4. The lowest BCUT2D eigenvalue weighted by atomic mass is 10.3. The summed E-state index contributed by atoms with van der Waals surface area (Å²) in [6.45, 7) is 1.25. The summed E-state index contributed by atoms with van der Waals surface area (Å²) in [5, 5.41) is 6.03. The number of rotatable bonds is 12. The van der Waals surface area contributed by atoms with Gasteiger partial charge in [-0.25, -0.2) is 13.1 Å². The van der Waals surface area contributed by atoms with Crippen LogP contribution in [0.2, 0.25) is 0 Å².